The van der Waals surface area contributed by atoms with Gasteiger partial charge in [0.25, 0.3) is 0 Å². The summed E-state index contributed by atoms with van der Waals surface area (Å²) in [5.74, 6) is -0.225. The number of nitrogens with one attached hydrogen (secondary N) is 1. The third-order valence-electron chi connectivity index (χ3n) is 3.88. The van der Waals surface area contributed by atoms with E-state index >= 15 is 0 Å². The predicted octanol–water partition coefficient (Wildman–Crippen LogP) is 3.56. The Hall–Kier alpha value is -2.43. The third-order valence-corrected chi connectivity index (χ3v) is 3.88. The Balaban J connectivity index is 1.76. The molecule has 0 saturated heterocycles. The molecular formula is C18H22FN3O. The van der Waals surface area contributed by atoms with E-state index in [9.17, 15) is 9.18 Å². The van der Waals surface area contributed by atoms with Crippen LogP contribution in [0.2, 0.25) is 0 Å². The number of benzene rings is 1. The van der Waals surface area contributed by atoms with Crippen molar-refractivity contribution < 1.29 is 9.18 Å². The summed E-state index contributed by atoms with van der Waals surface area (Å²) in [6, 6.07) is 10.2. The Kier molecular flexibility index (Phi) is 6.09. The van der Waals surface area contributed by atoms with Gasteiger partial charge in [0.2, 0.25) is 0 Å². The fraction of sp³-hybridized carbons (Fsp3) is 0.333. The molecule has 0 fully saturated rings. The second-order valence-corrected chi connectivity index (χ2v) is 5.54. The third kappa shape index (κ3) is 5.06. The van der Waals surface area contributed by atoms with Crippen molar-refractivity contribution >= 4 is 6.03 Å². The lowest BCUT2D eigenvalue weighted by atomic mass is 10.1. The molecule has 1 N–H and O–H groups in total. The Labute approximate surface area is 136 Å². The fourth-order valence-corrected chi connectivity index (χ4v) is 2.33. The van der Waals surface area contributed by atoms with Crippen LogP contribution < -0.4 is 5.32 Å². The Morgan fingerprint density at radius 1 is 1.35 bits per heavy atom. The molecule has 5 heteroatoms. The highest BCUT2D eigenvalue weighted by atomic mass is 19.1. The highest BCUT2D eigenvalue weighted by Crippen LogP contribution is 2.17. The second kappa shape index (κ2) is 8.27. The summed E-state index contributed by atoms with van der Waals surface area (Å²) in [6.45, 7) is 2.52. The lowest BCUT2D eigenvalue weighted by molar-refractivity contribution is 0.194. The van der Waals surface area contributed by atoms with Crippen LogP contribution in [0.4, 0.5) is 9.18 Å². The maximum Gasteiger partial charge on any atom is 0.317 e. The number of carbonyl (C=O) groups excluding carboxylic acids is 1. The molecule has 1 atom stereocenters. The number of nitrogens with zero attached hydrogens (tertiary/aromatic N) is 2. The van der Waals surface area contributed by atoms with Gasteiger partial charge in [0, 0.05) is 26.0 Å². The maximum absolute atomic E-state index is 13.1. The normalized spacial score (nSPS) is 11.8. The smallest absolute Gasteiger partial charge is 0.317 e. The van der Waals surface area contributed by atoms with E-state index in [0.29, 0.717) is 6.54 Å². The predicted molar refractivity (Wildman–Crippen MR) is 88.5 cm³/mol. The largest absolute Gasteiger partial charge is 0.338 e. The summed E-state index contributed by atoms with van der Waals surface area (Å²) in [7, 11) is 1.76. The van der Waals surface area contributed by atoms with Gasteiger partial charge in [-0.25, -0.2) is 9.18 Å². The summed E-state index contributed by atoms with van der Waals surface area (Å²) in [6.07, 6.45) is 4.98. The van der Waals surface area contributed by atoms with Gasteiger partial charge in [0.1, 0.15) is 5.82 Å². The van der Waals surface area contributed by atoms with Gasteiger partial charge in [0.05, 0.1) is 6.04 Å². The molecule has 2 amide bonds. The second-order valence-electron chi connectivity index (χ2n) is 5.54. The Morgan fingerprint density at radius 2 is 2.17 bits per heavy atom. The molecule has 122 valence electrons. The van der Waals surface area contributed by atoms with Crippen molar-refractivity contribution in [2.24, 2.45) is 0 Å². The highest BCUT2D eigenvalue weighted by Gasteiger charge is 2.16. The number of halogens is 1. The minimum atomic E-state index is -0.225. The van der Waals surface area contributed by atoms with Crippen molar-refractivity contribution in [2.45, 2.75) is 25.8 Å². The van der Waals surface area contributed by atoms with Gasteiger partial charge in [-0.1, -0.05) is 18.2 Å². The first-order valence-corrected chi connectivity index (χ1v) is 7.73. The Bertz CT molecular complexity index is 633. The molecule has 2 aromatic rings. The van der Waals surface area contributed by atoms with Gasteiger partial charge in [-0.15, -0.1) is 0 Å². The van der Waals surface area contributed by atoms with Crippen molar-refractivity contribution in [2.75, 3.05) is 13.6 Å². The number of hydrogen-bond acceptors (Lipinski definition) is 2. The topological polar surface area (TPSA) is 45.2 Å². The van der Waals surface area contributed by atoms with Crippen LogP contribution in [0.25, 0.3) is 0 Å². The summed E-state index contributed by atoms with van der Waals surface area (Å²) in [5.41, 5.74) is 1.93. The van der Waals surface area contributed by atoms with E-state index in [1.165, 1.54) is 12.1 Å². The summed E-state index contributed by atoms with van der Waals surface area (Å²) < 4.78 is 13.1. The lowest BCUT2D eigenvalue weighted by Gasteiger charge is -2.25. The molecule has 0 aliphatic rings. The summed E-state index contributed by atoms with van der Waals surface area (Å²) in [5, 5.41) is 2.89. The van der Waals surface area contributed by atoms with Crippen LogP contribution in [0.1, 0.15) is 30.5 Å². The number of aromatic nitrogens is 1. The zero-order valence-corrected chi connectivity index (χ0v) is 13.5. The van der Waals surface area contributed by atoms with E-state index in [4.69, 9.17) is 0 Å². The molecule has 0 unspecified atom stereocenters. The quantitative estimate of drug-likeness (QED) is 0.829. The average molecular weight is 315 g/mol. The molecular weight excluding hydrogens is 293 g/mol. The molecule has 0 bridgehead atoms. The van der Waals surface area contributed by atoms with Gasteiger partial charge in [-0.3, -0.25) is 4.98 Å². The van der Waals surface area contributed by atoms with Crippen molar-refractivity contribution in [3.63, 3.8) is 0 Å². The van der Waals surface area contributed by atoms with Gasteiger partial charge >= 0.3 is 6.03 Å². The number of pyridine rings is 1. The molecule has 0 aliphatic heterocycles. The molecule has 2 rings (SSSR count). The van der Waals surface area contributed by atoms with E-state index in [2.05, 4.69) is 10.3 Å². The Morgan fingerprint density at radius 3 is 2.87 bits per heavy atom. The first-order chi connectivity index (χ1) is 11.1. The molecule has 0 radical (unpaired) electrons. The SMILES string of the molecule is C[C@H](c1cccnc1)N(C)C(=O)NCCCc1cccc(F)c1. The standard InChI is InChI=1S/C18H22FN3O/c1-14(16-8-5-10-20-13-16)22(2)18(23)21-11-4-7-15-6-3-9-17(19)12-15/h3,5-6,8-10,12-14H,4,7,11H2,1-2H3,(H,21,23)/t14-/m1/s1. The van der Waals surface area contributed by atoms with E-state index in [0.717, 1.165) is 24.0 Å². The zero-order valence-electron chi connectivity index (χ0n) is 13.5. The molecule has 0 spiro atoms. The molecule has 4 nitrogen and oxygen atoms in total. The van der Waals surface area contributed by atoms with Gasteiger partial charge in [-0.05, 0) is 49.1 Å². The number of carbonyl (C=O) groups is 1. The fourth-order valence-electron chi connectivity index (χ4n) is 2.33. The van der Waals surface area contributed by atoms with Gasteiger partial charge in [0.15, 0.2) is 0 Å². The molecule has 0 saturated carbocycles. The van der Waals surface area contributed by atoms with E-state index in [-0.39, 0.29) is 17.9 Å². The van der Waals surface area contributed by atoms with Crippen LogP contribution in [-0.2, 0) is 6.42 Å². The molecule has 1 aromatic carbocycles. The summed E-state index contributed by atoms with van der Waals surface area (Å²) in [4.78, 5) is 17.9. The lowest BCUT2D eigenvalue weighted by Crippen LogP contribution is -2.39. The highest BCUT2D eigenvalue weighted by molar-refractivity contribution is 5.74. The minimum Gasteiger partial charge on any atom is -0.338 e. The molecule has 1 heterocycles. The van der Waals surface area contributed by atoms with Gasteiger partial charge in [-0.2, -0.15) is 0 Å². The van der Waals surface area contributed by atoms with Crippen molar-refractivity contribution in [3.8, 4) is 0 Å². The van der Waals surface area contributed by atoms with Crippen LogP contribution in [0.5, 0.6) is 0 Å². The van der Waals surface area contributed by atoms with Crippen LogP contribution in [0, 0.1) is 5.82 Å². The number of urea groups is 1. The number of aryl methyl sites for hydroxylation is 1. The first-order valence-electron chi connectivity index (χ1n) is 7.73. The molecule has 1 aromatic heterocycles. The van der Waals surface area contributed by atoms with E-state index < -0.39 is 0 Å². The average Bonchev–Trinajstić information content (AvgIpc) is 2.58. The van der Waals surface area contributed by atoms with Crippen LogP contribution in [-0.4, -0.2) is 29.5 Å². The maximum atomic E-state index is 13.1. The van der Waals surface area contributed by atoms with E-state index in [1.807, 2.05) is 25.1 Å². The van der Waals surface area contributed by atoms with Gasteiger partial charge < -0.3 is 10.2 Å². The van der Waals surface area contributed by atoms with Crippen molar-refractivity contribution in [1.29, 1.82) is 0 Å². The zero-order chi connectivity index (χ0) is 16.7. The summed E-state index contributed by atoms with van der Waals surface area (Å²) >= 11 is 0. The van der Waals surface area contributed by atoms with Crippen molar-refractivity contribution in [3.05, 3.63) is 65.7 Å². The minimum absolute atomic E-state index is 0.0491. The monoisotopic (exact) mass is 315 g/mol. The van der Waals surface area contributed by atoms with Crippen LogP contribution in [0.15, 0.2) is 48.8 Å². The molecule has 23 heavy (non-hydrogen) atoms. The first kappa shape index (κ1) is 16.9. The van der Waals surface area contributed by atoms with Crippen molar-refractivity contribution in [1.82, 2.24) is 15.2 Å². The van der Waals surface area contributed by atoms with Crippen LogP contribution in [0.3, 0.4) is 0 Å². The number of amides is 2. The van der Waals surface area contributed by atoms with Crippen LogP contribution >= 0.6 is 0 Å². The number of hydrogen-bond donors (Lipinski definition) is 1. The molecule has 0 aliphatic carbocycles. The number of rotatable bonds is 6. The van der Waals surface area contributed by atoms with E-state index in [1.54, 1.807) is 30.4 Å².